The molecule has 1 saturated heterocycles. The molecular formula is C22H22Cl2N4O5S3. The van der Waals surface area contributed by atoms with Crippen LogP contribution in [0.25, 0.3) is 0 Å². The molecule has 36 heavy (non-hydrogen) atoms. The Morgan fingerprint density at radius 2 is 1.67 bits per heavy atom. The van der Waals surface area contributed by atoms with Gasteiger partial charge in [-0.1, -0.05) is 29.3 Å². The molecule has 1 fully saturated rings. The molecule has 0 radical (unpaired) electrons. The largest absolute Gasteiger partial charge is 0.326 e. The topological polar surface area (TPSA) is 126 Å². The lowest BCUT2D eigenvalue weighted by molar-refractivity contribution is -0.120. The highest BCUT2D eigenvalue weighted by atomic mass is 35.5. The number of sulfonamides is 2. The van der Waals surface area contributed by atoms with E-state index in [2.05, 4.69) is 15.0 Å². The maximum absolute atomic E-state index is 12.9. The Morgan fingerprint density at radius 1 is 1.03 bits per heavy atom. The second-order valence-corrected chi connectivity index (χ2v) is 13.4. The van der Waals surface area contributed by atoms with Crippen molar-refractivity contribution >= 4 is 71.3 Å². The molecule has 3 aromatic rings. The molecule has 1 aromatic heterocycles. The number of rotatable bonds is 8. The van der Waals surface area contributed by atoms with Crippen molar-refractivity contribution < 1.29 is 21.6 Å². The molecule has 0 spiro atoms. The number of hydrogen-bond donors (Lipinski definition) is 2. The zero-order valence-electron chi connectivity index (χ0n) is 18.7. The van der Waals surface area contributed by atoms with Crippen LogP contribution in [0.1, 0.15) is 18.4 Å². The minimum atomic E-state index is -3.79. The SMILES string of the molecule is O=C(Nc1ccc(S(=O)(=O)Nc2nccs2)cc1)C1CCN(S(=O)(=O)Cc2c(Cl)cccc2Cl)CC1. The summed E-state index contributed by atoms with van der Waals surface area (Å²) in [6.07, 6.45) is 2.20. The maximum Gasteiger partial charge on any atom is 0.263 e. The fraction of sp³-hybridized carbons (Fsp3) is 0.273. The molecule has 0 bridgehead atoms. The number of thiazole rings is 1. The van der Waals surface area contributed by atoms with Crippen LogP contribution < -0.4 is 10.0 Å². The van der Waals surface area contributed by atoms with Crippen molar-refractivity contribution in [3.8, 4) is 0 Å². The summed E-state index contributed by atoms with van der Waals surface area (Å²) in [4.78, 5) is 16.7. The van der Waals surface area contributed by atoms with Gasteiger partial charge in [0.1, 0.15) is 0 Å². The van der Waals surface area contributed by atoms with E-state index in [1.54, 1.807) is 23.6 Å². The van der Waals surface area contributed by atoms with Crippen LogP contribution in [0.4, 0.5) is 10.8 Å². The molecule has 2 heterocycles. The molecule has 2 aromatic carbocycles. The molecule has 0 aliphatic carbocycles. The van der Waals surface area contributed by atoms with Crippen LogP contribution in [0.3, 0.4) is 0 Å². The van der Waals surface area contributed by atoms with E-state index in [1.165, 1.54) is 34.8 Å². The van der Waals surface area contributed by atoms with Crippen LogP contribution in [-0.2, 0) is 30.6 Å². The smallest absolute Gasteiger partial charge is 0.263 e. The summed E-state index contributed by atoms with van der Waals surface area (Å²) in [5, 5.41) is 5.27. The van der Waals surface area contributed by atoms with Gasteiger partial charge in [0.05, 0.1) is 10.6 Å². The van der Waals surface area contributed by atoms with Gasteiger partial charge in [0.25, 0.3) is 10.0 Å². The summed E-state index contributed by atoms with van der Waals surface area (Å²) in [5.41, 5.74) is 0.796. The summed E-state index contributed by atoms with van der Waals surface area (Å²) in [6.45, 7) is 0.393. The first-order valence-electron chi connectivity index (χ1n) is 10.8. The predicted octanol–water partition coefficient (Wildman–Crippen LogP) is 4.43. The average molecular weight is 590 g/mol. The minimum Gasteiger partial charge on any atom is -0.326 e. The fourth-order valence-corrected chi connectivity index (χ4v) is 7.85. The lowest BCUT2D eigenvalue weighted by atomic mass is 9.97. The molecule has 2 N–H and O–H groups in total. The van der Waals surface area contributed by atoms with Gasteiger partial charge in [0, 0.05) is 51.9 Å². The van der Waals surface area contributed by atoms with Crippen molar-refractivity contribution in [3.63, 3.8) is 0 Å². The number of carbonyl (C=O) groups excluding carboxylic acids is 1. The van der Waals surface area contributed by atoms with Crippen LogP contribution in [0.2, 0.25) is 10.0 Å². The minimum absolute atomic E-state index is 0.0350. The van der Waals surface area contributed by atoms with Gasteiger partial charge in [0.15, 0.2) is 5.13 Å². The third kappa shape index (κ3) is 6.36. The van der Waals surface area contributed by atoms with Gasteiger partial charge in [-0.25, -0.2) is 26.1 Å². The molecule has 4 rings (SSSR count). The van der Waals surface area contributed by atoms with E-state index in [0.717, 1.165) is 11.3 Å². The monoisotopic (exact) mass is 588 g/mol. The Morgan fingerprint density at radius 3 is 2.25 bits per heavy atom. The number of carbonyl (C=O) groups is 1. The standard InChI is InChI=1S/C22H22Cl2N4O5S3/c23-19-2-1-3-20(24)18(19)14-35(30,31)28-11-8-15(9-12-28)21(29)26-16-4-6-17(7-5-16)36(32,33)27-22-25-10-13-34-22/h1-7,10,13,15H,8-9,11-12,14H2,(H,25,27)(H,26,29). The van der Waals surface area contributed by atoms with Gasteiger partial charge in [0.2, 0.25) is 15.9 Å². The Labute approximate surface area is 223 Å². The van der Waals surface area contributed by atoms with E-state index in [0.29, 0.717) is 24.1 Å². The van der Waals surface area contributed by atoms with Crippen molar-refractivity contribution in [1.82, 2.24) is 9.29 Å². The molecule has 0 atom stereocenters. The average Bonchev–Trinajstić information content (AvgIpc) is 3.34. The summed E-state index contributed by atoms with van der Waals surface area (Å²) < 4.78 is 54.4. The number of aromatic nitrogens is 1. The quantitative estimate of drug-likeness (QED) is 0.401. The van der Waals surface area contributed by atoms with Crippen molar-refractivity contribution in [1.29, 1.82) is 0 Å². The number of nitrogens with one attached hydrogen (secondary N) is 2. The van der Waals surface area contributed by atoms with Crippen LogP contribution in [0.15, 0.2) is 58.9 Å². The first-order valence-corrected chi connectivity index (χ1v) is 15.5. The first-order chi connectivity index (χ1) is 17.0. The molecule has 1 aliphatic rings. The summed E-state index contributed by atoms with van der Waals surface area (Å²) in [7, 11) is -7.45. The van der Waals surface area contributed by atoms with Gasteiger partial charge in [-0.3, -0.25) is 9.52 Å². The van der Waals surface area contributed by atoms with Crippen LogP contribution in [-0.4, -0.2) is 45.1 Å². The van der Waals surface area contributed by atoms with E-state index in [1.807, 2.05) is 0 Å². The predicted molar refractivity (Wildman–Crippen MR) is 141 cm³/mol. The highest BCUT2D eigenvalue weighted by Crippen LogP contribution is 2.29. The Hall–Kier alpha value is -2.22. The van der Waals surface area contributed by atoms with E-state index in [-0.39, 0.29) is 50.7 Å². The van der Waals surface area contributed by atoms with Crippen molar-refractivity contribution in [2.24, 2.45) is 5.92 Å². The third-order valence-corrected chi connectivity index (χ3v) is 10.4. The molecule has 1 amide bonds. The molecule has 9 nitrogen and oxygen atoms in total. The van der Waals surface area contributed by atoms with Crippen LogP contribution in [0, 0.1) is 5.92 Å². The van der Waals surface area contributed by atoms with Crippen LogP contribution >= 0.6 is 34.5 Å². The second-order valence-electron chi connectivity index (χ2n) is 8.09. The molecular weight excluding hydrogens is 567 g/mol. The van der Waals surface area contributed by atoms with E-state index >= 15 is 0 Å². The summed E-state index contributed by atoms with van der Waals surface area (Å²) >= 11 is 13.4. The number of hydrogen-bond acceptors (Lipinski definition) is 7. The third-order valence-electron chi connectivity index (χ3n) is 5.69. The van der Waals surface area contributed by atoms with E-state index in [9.17, 15) is 21.6 Å². The summed E-state index contributed by atoms with van der Waals surface area (Å²) in [5.74, 6) is -0.942. The van der Waals surface area contributed by atoms with Crippen molar-refractivity contribution in [2.45, 2.75) is 23.5 Å². The van der Waals surface area contributed by atoms with Crippen LogP contribution in [0.5, 0.6) is 0 Å². The zero-order valence-corrected chi connectivity index (χ0v) is 22.7. The van der Waals surface area contributed by atoms with Gasteiger partial charge in [-0.15, -0.1) is 11.3 Å². The highest BCUT2D eigenvalue weighted by molar-refractivity contribution is 7.93. The highest BCUT2D eigenvalue weighted by Gasteiger charge is 2.32. The molecule has 0 unspecified atom stereocenters. The number of amides is 1. The molecule has 192 valence electrons. The second kappa shape index (κ2) is 11.0. The van der Waals surface area contributed by atoms with E-state index < -0.39 is 20.0 Å². The molecule has 14 heteroatoms. The van der Waals surface area contributed by atoms with Gasteiger partial charge in [-0.05, 0) is 49.2 Å². The Kier molecular flexibility index (Phi) is 8.22. The van der Waals surface area contributed by atoms with Crippen molar-refractivity contribution in [2.75, 3.05) is 23.1 Å². The molecule has 1 aliphatic heterocycles. The fourth-order valence-electron chi connectivity index (χ4n) is 3.75. The maximum atomic E-state index is 12.9. The van der Waals surface area contributed by atoms with Crippen molar-refractivity contribution in [3.05, 3.63) is 69.7 Å². The Bertz CT molecular complexity index is 1420. The normalized spacial score (nSPS) is 15.5. The zero-order chi connectivity index (χ0) is 25.9. The Balaban J connectivity index is 1.32. The lowest BCUT2D eigenvalue weighted by Gasteiger charge is -2.30. The number of anilines is 2. The molecule has 0 saturated carbocycles. The number of nitrogens with zero attached hydrogens (tertiary/aromatic N) is 2. The van der Waals surface area contributed by atoms with Gasteiger partial charge >= 0.3 is 0 Å². The van der Waals surface area contributed by atoms with Gasteiger partial charge < -0.3 is 5.32 Å². The number of piperidine rings is 1. The lowest BCUT2D eigenvalue weighted by Crippen LogP contribution is -2.42. The van der Waals surface area contributed by atoms with Gasteiger partial charge in [-0.2, -0.15) is 0 Å². The number of halogens is 2. The van der Waals surface area contributed by atoms with E-state index in [4.69, 9.17) is 23.2 Å². The summed E-state index contributed by atoms with van der Waals surface area (Å²) in [6, 6.07) is 10.6. The first kappa shape index (κ1) is 26.8. The number of benzene rings is 2.